The Kier molecular flexibility index (Phi) is 8.91. The summed E-state index contributed by atoms with van der Waals surface area (Å²) in [6, 6.07) is 12.4. The summed E-state index contributed by atoms with van der Waals surface area (Å²) in [4.78, 5) is 19.3. The predicted octanol–water partition coefficient (Wildman–Crippen LogP) is 6.56. The van der Waals surface area contributed by atoms with E-state index in [0.29, 0.717) is 46.4 Å². The average Bonchev–Trinajstić information content (AvgIpc) is 3.83. The number of hydrogen-bond donors (Lipinski definition) is 1. The van der Waals surface area contributed by atoms with E-state index in [4.69, 9.17) is 26.3 Å². The molecular formula is C35H38Cl3FN8O. The van der Waals surface area contributed by atoms with Crippen molar-refractivity contribution in [1.82, 2.24) is 34.9 Å². The Morgan fingerprint density at radius 1 is 1.04 bits per heavy atom. The van der Waals surface area contributed by atoms with Crippen LogP contribution in [0, 0.1) is 5.82 Å². The van der Waals surface area contributed by atoms with Crippen LogP contribution in [0.15, 0.2) is 55.0 Å². The summed E-state index contributed by atoms with van der Waals surface area (Å²) in [5.41, 5.74) is 2.25. The molecule has 9 rings (SSSR count). The number of hydrogen-bond acceptors (Lipinski definition) is 8. The molecule has 0 aliphatic carbocycles. The number of rotatable bonds is 6. The van der Waals surface area contributed by atoms with Crippen molar-refractivity contribution in [2.45, 2.75) is 55.6 Å². The van der Waals surface area contributed by atoms with Crippen LogP contribution in [-0.2, 0) is 7.05 Å². The number of anilines is 1. The summed E-state index contributed by atoms with van der Waals surface area (Å²) < 4.78 is 25.2. The van der Waals surface area contributed by atoms with Crippen LogP contribution in [0.4, 0.5) is 10.2 Å². The fourth-order valence-corrected chi connectivity index (χ4v) is 8.86. The third kappa shape index (κ3) is 5.55. The maximum absolute atomic E-state index is 16.8. The van der Waals surface area contributed by atoms with Crippen LogP contribution in [-0.4, -0.2) is 80.0 Å². The summed E-state index contributed by atoms with van der Waals surface area (Å²) in [6.07, 6.45) is 11.3. The molecule has 48 heavy (non-hydrogen) atoms. The van der Waals surface area contributed by atoms with E-state index < -0.39 is 5.82 Å². The van der Waals surface area contributed by atoms with Gasteiger partial charge in [-0.3, -0.25) is 14.6 Å². The zero-order chi connectivity index (χ0) is 31.0. The summed E-state index contributed by atoms with van der Waals surface area (Å²) in [5.74, 6) is 0.600. The van der Waals surface area contributed by atoms with Crippen molar-refractivity contribution in [3.8, 4) is 17.3 Å². The van der Waals surface area contributed by atoms with Gasteiger partial charge in [0.2, 0.25) is 0 Å². The van der Waals surface area contributed by atoms with E-state index in [1.165, 1.54) is 5.56 Å². The smallest absolute Gasteiger partial charge is 0.319 e. The van der Waals surface area contributed by atoms with Crippen molar-refractivity contribution in [3.63, 3.8) is 0 Å². The molecule has 0 spiro atoms. The van der Waals surface area contributed by atoms with Gasteiger partial charge in [-0.1, -0.05) is 41.9 Å². The predicted molar refractivity (Wildman–Crippen MR) is 191 cm³/mol. The molecular weight excluding hydrogens is 674 g/mol. The molecule has 0 radical (unpaired) electrons. The van der Waals surface area contributed by atoms with E-state index in [-0.39, 0.29) is 47.6 Å². The van der Waals surface area contributed by atoms with Gasteiger partial charge >= 0.3 is 6.01 Å². The Morgan fingerprint density at radius 2 is 1.83 bits per heavy atom. The number of pyridine rings is 1. The monoisotopic (exact) mass is 710 g/mol. The molecule has 1 N–H and O–H groups in total. The zero-order valence-corrected chi connectivity index (χ0v) is 29.0. The molecule has 4 aliphatic heterocycles. The number of aryl methyl sites for hydroxylation is 1. The van der Waals surface area contributed by atoms with E-state index in [0.717, 1.165) is 69.1 Å². The highest BCUT2D eigenvalue weighted by molar-refractivity contribution is 6.36. The number of piperazine rings is 1. The largest absolute Gasteiger partial charge is 0.461 e. The van der Waals surface area contributed by atoms with Crippen molar-refractivity contribution in [2.24, 2.45) is 7.05 Å². The van der Waals surface area contributed by atoms with Crippen molar-refractivity contribution in [1.29, 1.82) is 0 Å². The maximum Gasteiger partial charge on any atom is 0.319 e. The molecule has 4 aliphatic rings. The summed E-state index contributed by atoms with van der Waals surface area (Å²) >= 11 is 6.65. The van der Waals surface area contributed by atoms with Crippen LogP contribution in [0.5, 0.6) is 6.01 Å². The highest BCUT2D eigenvalue weighted by Crippen LogP contribution is 2.46. The third-order valence-electron chi connectivity index (χ3n) is 10.7. The van der Waals surface area contributed by atoms with Gasteiger partial charge in [-0.15, -0.1) is 24.8 Å². The van der Waals surface area contributed by atoms with E-state index in [2.05, 4.69) is 31.4 Å². The normalized spacial score (nSPS) is 24.9. The molecule has 3 aromatic heterocycles. The van der Waals surface area contributed by atoms with Crippen LogP contribution < -0.4 is 15.0 Å². The third-order valence-corrected chi connectivity index (χ3v) is 11.1. The zero-order valence-electron chi connectivity index (χ0n) is 26.6. The highest BCUT2D eigenvalue weighted by atomic mass is 35.5. The second-order valence-electron chi connectivity index (χ2n) is 13.6. The second kappa shape index (κ2) is 12.9. The Labute approximate surface area is 296 Å². The molecule has 2 aromatic carbocycles. The summed E-state index contributed by atoms with van der Waals surface area (Å²) in [5, 5.41) is 11.0. The molecule has 0 amide bonds. The first-order valence-corrected chi connectivity index (χ1v) is 16.7. The molecule has 9 nitrogen and oxygen atoms in total. The number of nitrogens with zero attached hydrogens (tertiary/aromatic N) is 7. The van der Waals surface area contributed by atoms with E-state index in [1.54, 1.807) is 6.20 Å². The van der Waals surface area contributed by atoms with Crippen LogP contribution in [0.25, 0.3) is 32.9 Å². The minimum Gasteiger partial charge on any atom is -0.461 e. The molecule has 0 saturated carbocycles. The van der Waals surface area contributed by atoms with Crippen LogP contribution >= 0.6 is 36.4 Å². The molecule has 5 aromatic rings. The molecule has 13 heteroatoms. The molecule has 4 saturated heterocycles. The van der Waals surface area contributed by atoms with E-state index >= 15 is 4.39 Å². The SMILES string of the molecule is Cl.Cl.Cn1cc(C2CN3CCCC3(COc3nc(N4C[C@H]5CC[C@@H](C4)N5)c4cnc(-c5cccc6cccc(Cl)c56)c(F)c4n3)C2)cn1. The fourth-order valence-electron chi connectivity index (χ4n) is 8.57. The maximum atomic E-state index is 16.8. The topological polar surface area (TPSA) is 84.2 Å². The van der Waals surface area contributed by atoms with E-state index in [9.17, 15) is 0 Å². The molecule has 252 valence electrons. The van der Waals surface area contributed by atoms with Gasteiger partial charge in [0.1, 0.15) is 23.6 Å². The van der Waals surface area contributed by atoms with Crippen LogP contribution in [0.2, 0.25) is 5.02 Å². The standard InChI is InChI=1S/C35H36ClFN8O.2ClH/c1-43-16-23(14-39-43)22-13-35(11-4-12-45(35)17-22)20-46-34-41-32-27(33(42-34)44-18-24-9-10-25(19-44)40-24)15-38-31(30(32)37)26-7-2-5-21-6-3-8-28(36)29(21)26;;/h2-3,5-8,14-16,22,24-25,40H,4,9-13,17-20H2,1H3;2*1H/t22?,24-,25+,35?;;. The average molecular weight is 712 g/mol. The van der Waals surface area contributed by atoms with Gasteiger partial charge < -0.3 is 15.0 Å². The Balaban J connectivity index is 0.00000182. The summed E-state index contributed by atoms with van der Waals surface area (Å²) in [7, 11) is 1.96. The van der Waals surface area contributed by atoms with Crippen LogP contribution in [0.3, 0.4) is 0 Å². The highest BCUT2D eigenvalue weighted by Gasteiger charge is 2.49. The summed E-state index contributed by atoms with van der Waals surface area (Å²) in [6.45, 7) is 4.09. The Morgan fingerprint density at radius 3 is 2.60 bits per heavy atom. The van der Waals surface area contributed by atoms with Gasteiger partial charge in [0.05, 0.1) is 17.1 Å². The lowest BCUT2D eigenvalue weighted by Crippen LogP contribution is -2.51. The van der Waals surface area contributed by atoms with Crippen molar-refractivity contribution >= 4 is 63.9 Å². The molecule has 2 unspecified atom stereocenters. The quantitative estimate of drug-likeness (QED) is 0.212. The lowest BCUT2D eigenvalue weighted by atomic mass is 9.88. The number of benzene rings is 2. The lowest BCUT2D eigenvalue weighted by molar-refractivity contribution is 0.108. The number of aromatic nitrogens is 5. The fraction of sp³-hybridized carbons (Fsp3) is 0.429. The minimum absolute atomic E-state index is 0. The molecule has 4 fully saturated rings. The van der Waals surface area contributed by atoms with Gasteiger partial charge in [-0.2, -0.15) is 15.1 Å². The Hall–Kier alpha value is -3.28. The van der Waals surface area contributed by atoms with Crippen molar-refractivity contribution in [2.75, 3.05) is 37.7 Å². The molecule has 4 atom stereocenters. The molecule has 7 heterocycles. The van der Waals surface area contributed by atoms with E-state index in [1.807, 2.05) is 54.3 Å². The number of fused-ring (bicyclic) bond motifs is 5. The number of nitrogens with one attached hydrogen (secondary N) is 1. The second-order valence-corrected chi connectivity index (χ2v) is 14.0. The minimum atomic E-state index is -0.491. The number of halogens is 4. The van der Waals surface area contributed by atoms with Gasteiger partial charge in [0, 0.05) is 73.0 Å². The van der Waals surface area contributed by atoms with Gasteiger partial charge in [0.25, 0.3) is 0 Å². The molecule has 2 bridgehead atoms. The van der Waals surface area contributed by atoms with Crippen molar-refractivity contribution in [3.05, 3.63) is 71.4 Å². The van der Waals surface area contributed by atoms with Crippen LogP contribution in [0.1, 0.15) is 43.6 Å². The van der Waals surface area contributed by atoms with Gasteiger partial charge in [-0.05, 0) is 55.7 Å². The number of ether oxygens (including phenoxy) is 1. The lowest BCUT2D eigenvalue weighted by Gasteiger charge is -2.34. The first-order chi connectivity index (χ1) is 22.4. The van der Waals surface area contributed by atoms with Gasteiger partial charge in [0.15, 0.2) is 5.82 Å². The van der Waals surface area contributed by atoms with Crippen molar-refractivity contribution < 1.29 is 9.13 Å². The first kappa shape index (κ1) is 33.2. The first-order valence-electron chi connectivity index (χ1n) is 16.4. The van der Waals surface area contributed by atoms with Gasteiger partial charge in [-0.25, -0.2) is 4.39 Å². The Bertz CT molecular complexity index is 1980.